The molecule has 0 bridgehead atoms. The maximum atomic E-state index is 9.04. The quantitative estimate of drug-likeness (QED) is 0.284. The van der Waals surface area contributed by atoms with Gasteiger partial charge in [0.25, 0.3) is 0 Å². The molecule has 0 saturated carbocycles. The van der Waals surface area contributed by atoms with Gasteiger partial charge in [0.1, 0.15) is 0 Å². The lowest BCUT2D eigenvalue weighted by Crippen LogP contribution is -2.33. The summed E-state index contributed by atoms with van der Waals surface area (Å²) in [7, 11) is 0. The molecule has 54 valence electrons. The Morgan fingerprint density at radius 1 is 1.67 bits per heavy atom. The molecule has 0 aromatic heterocycles. The predicted molar refractivity (Wildman–Crippen MR) is 38.7 cm³/mol. The third kappa shape index (κ3) is 1.35. The van der Waals surface area contributed by atoms with E-state index in [1.54, 1.807) is 0 Å². The van der Waals surface area contributed by atoms with E-state index in [-0.39, 0.29) is 6.61 Å². The van der Waals surface area contributed by atoms with Gasteiger partial charge < -0.3 is 14.9 Å². The third-order valence-corrected chi connectivity index (χ3v) is 2.52. The first-order valence-corrected chi connectivity index (χ1v) is 3.45. The van der Waals surface area contributed by atoms with Crippen LogP contribution in [0.3, 0.4) is 0 Å². The number of aliphatic hydroxyl groups excluding tert-OH is 1. The van der Waals surface area contributed by atoms with Gasteiger partial charge in [-0.15, -0.1) is 12.6 Å². The maximum Gasteiger partial charge on any atom is 0.227 e. The summed E-state index contributed by atoms with van der Waals surface area (Å²) in [5.74, 6) is 0. The van der Waals surface area contributed by atoms with Crippen molar-refractivity contribution < 1.29 is 14.9 Å². The molecule has 9 heavy (non-hydrogen) atoms. The lowest BCUT2D eigenvalue weighted by atomic mass is 10.3. The van der Waals surface area contributed by atoms with Crippen LogP contribution in [0, 0.1) is 0 Å². The standard InChI is InChI=1S/C4H8O3S2/c5-2-1-7-4(6,9)3(2)8/h2-3,5-6,8-9H,1H2/t2-,3+,4?/m1/s1. The molecule has 0 amide bonds. The Morgan fingerprint density at radius 2 is 2.22 bits per heavy atom. The summed E-state index contributed by atoms with van der Waals surface area (Å²) in [6.45, 7) is 0.0914. The first kappa shape index (κ1) is 7.68. The van der Waals surface area contributed by atoms with E-state index < -0.39 is 16.5 Å². The molecule has 0 aromatic carbocycles. The Labute approximate surface area is 63.8 Å². The van der Waals surface area contributed by atoms with Crippen molar-refractivity contribution in [1.29, 1.82) is 0 Å². The molecule has 1 heterocycles. The molecule has 3 nitrogen and oxygen atoms in total. The van der Waals surface area contributed by atoms with Crippen LogP contribution in [0.15, 0.2) is 0 Å². The second-order valence-electron chi connectivity index (χ2n) is 1.98. The molecule has 3 atom stereocenters. The molecule has 1 aliphatic rings. The fourth-order valence-electron chi connectivity index (χ4n) is 0.635. The van der Waals surface area contributed by atoms with Crippen molar-refractivity contribution in [3.05, 3.63) is 0 Å². The zero-order chi connectivity index (χ0) is 7.07. The number of hydrogen-bond donors (Lipinski definition) is 4. The smallest absolute Gasteiger partial charge is 0.227 e. The van der Waals surface area contributed by atoms with E-state index in [0.29, 0.717) is 0 Å². The van der Waals surface area contributed by atoms with Crippen LogP contribution in [0.2, 0.25) is 0 Å². The van der Waals surface area contributed by atoms with E-state index in [1.807, 2.05) is 0 Å². The second-order valence-corrected chi connectivity index (χ2v) is 3.18. The maximum absolute atomic E-state index is 9.04. The summed E-state index contributed by atoms with van der Waals surface area (Å²) >= 11 is 7.57. The highest BCUT2D eigenvalue weighted by atomic mass is 32.1. The number of ether oxygens (including phenoxy) is 1. The van der Waals surface area contributed by atoms with Crippen LogP contribution < -0.4 is 0 Å². The topological polar surface area (TPSA) is 49.7 Å². The normalized spacial score (nSPS) is 52.0. The highest BCUT2D eigenvalue weighted by Crippen LogP contribution is 2.30. The average Bonchev–Trinajstić information content (AvgIpc) is 1.97. The Hall–Kier alpha value is 0.580. The van der Waals surface area contributed by atoms with Crippen molar-refractivity contribution in [1.82, 2.24) is 0 Å². The van der Waals surface area contributed by atoms with E-state index in [4.69, 9.17) is 10.2 Å². The van der Waals surface area contributed by atoms with Crippen LogP contribution in [0.25, 0.3) is 0 Å². The van der Waals surface area contributed by atoms with Gasteiger partial charge in [-0.3, -0.25) is 0 Å². The van der Waals surface area contributed by atoms with Crippen molar-refractivity contribution in [2.75, 3.05) is 6.61 Å². The molecule has 0 radical (unpaired) electrons. The molecular weight excluding hydrogens is 160 g/mol. The van der Waals surface area contributed by atoms with Crippen LogP contribution >= 0.6 is 25.3 Å². The molecule has 1 saturated heterocycles. The van der Waals surface area contributed by atoms with Crippen LogP contribution in [0.4, 0.5) is 0 Å². The summed E-state index contributed by atoms with van der Waals surface area (Å²) in [5.41, 5.74) is 0. The summed E-state index contributed by atoms with van der Waals surface area (Å²) in [4.78, 5) is 0. The first-order chi connectivity index (χ1) is 4.04. The molecule has 5 heteroatoms. The summed E-state index contributed by atoms with van der Waals surface area (Å²) < 4.78 is 4.66. The predicted octanol–water partition coefficient (Wildman–Crippen LogP) is -0.748. The van der Waals surface area contributed by atoms with Gasteiger partial charge in [0.15, 0.2) is 0 Å². The zero-order valence-corrected chi connectivity index (χ0v) is 6.35. The third-order valence-electron chi connectivity index (χ3n) is 1.22. The highest BCUT2D eigenvalue weighted by Gasteiger charge is 2.43. The summed E-state index contributed by atoms with van der Waals surface area (Å²) in [6.07, 6.45) is -0.726. The minimum Gasteiger partial charge on any atom is -0.389 e. The molecule has 0 aliphatic carbocycles. The van der Waals surface area contributed by atoms with Gasteiger partial charge in [-0.1, -0.05) is 0 Å². The van der Waals surface area contributed by atoms with Crippen LogP contribution in [0.1, 0.15) is 0 Å². The number of hydrogen-bond acceptors (Lipinski definition) is 5. The first-order valence-electron chi connectivity index (χ1n) is 2.49. The lowest BCUT2D eigenvalue weighted by molar-refractivity contribution is -0.0873. The van der Waals surface area contributed by atoms with Crippen LogP contribution in [0.5, 0.6) is 0 Å². The van der Waals surface area contributed by atoms with E-state index in [9.17, 15) is 0 Å². The zero-order valence-electron chi connectivity index (χ0n) is 4.56. The molecule has 1 rings (SSSR count). The van der Waals surface area contributed by atoms with Crippen molar-refractivity contribution in [2.24, 2.45) is 0 Å². The van der Waals surface area contributed by atoms with E-state index in [0.717, 1.165) is 0 Å². The number of thiol groups is 2. The largest absolute Gasteiger partial charge is 0.389 e. The number of rotatable bonds is 0. The van der Waals surface area contributed by atoms with Gasteiger partial charge >= 0.3 is 0 Å². The molecule has 0 spiro atoms. The summed E-state index contributed by atoms with van der Waals surface area (Å²) in [6, 6.07) is 0. The lowest BCUT2D eigenvalue weighted by Gasteiger charge is -2.18. The van der Waals surface area contributed by atoms with Crippen molar-refractivity contribution in [3.63, 3.8) is 0 Å². The van der Waals surface area contributed by atoms with E-state index in [2.05, 4.69) is 30.0 Å². The fraction of sp³-hybridized carbons (Fsp3) is 1.00. The Balaban J connectivity index is 2.62. The van der Waals surface area contributed by atoms with Crippen molar-refractivity contribution in [3.8, 4) is 0 Å². The molecule has 2 N–H and O–H groups in total. The molecule has 1 unspecified atom stereocenters. The van der Waals surface area contributed by atoms with Crippen molar-refractivity contribution >= 4 is 25.3 Å². The number of aliphatic hydroxyl groups is 2. The molecule has 1 fully saturated rings. The van der Waals surface area contributed by atoms with Gasteiger partial charge in [0.2, 0.25) is 5.12 Å². The van der Waals surface area contributed by atoms with Gasteiger partial charge in [-0.25, -0.2) is 0 Å². The molecule has 1 aliphatic heterocycles. The molecule has 0 aromatic rings. The van der Waals surface area contributed by atoms with Gasteiger partial charge in [0, 0.05) is 0 Å². The fourth-order valence-corrected chi connectivity index (χ4v) is 1.04. The highest BCUT2D eigenvalue weighted by molar-refractivity contribution is 7.85. The molecular formula is C4H8O3S2. The van der Waals surface area contributed by atoms with Crippen LogP contribution in [-0.2, 0) is 4.74 Å². The Kier molecular flexibility index (Phi) is 1.98. The Morgan fingerprint density at radius 3 is 2.33 bits per heavy atom. The Bertz CT molecular complexity index is 116. The minimum atomic E-state index is -1.57. The van der Waals surface area contributed by atoms with Gasteiger partial charge in [-0.05, 0) is 0 Å². The second kappa shape index (κ2) is 2.32. The van der Waals surface area contributed by atoms with E-state index >= 15 is 0 Å². The monoisotopic (exact) mass is 168 g/mol. The van der Waals surface area contributed by atoms with Crippen LogP contribution in [-0.4, -0.2) is 33.3 Å². The minimum absolute atomic E-state index is 0.0914. The van der Waals surface area contributed by atoms with Crippen molar-refractivity contribution in [2.45, 2.75) is 16.5 Å². The van der Waals surface area contributed by atoms with Gasteiger partial charge in [0.05, 0.1) is 18.0 Å². The van der Waals surface area contributed by atoms with E-state index in [1.165, 1.54) is 0 Å². The SMILES string of the molecule is O[C@@H]1COC(O)(S)[C@H]1S. The van der Waals surface area contributed by atoms with Gasteiger partial charge in [-0.2, -0.15) is 12.6 Å². The average molecular weight is 168 g/mol. The summed E-state index contributed by atoms with van der Waals surface area (Å²) in [5, 5.41) is 15.8.